The highest BCUT2D eigenvalue weighted by atomic mass is 19.1. The Balaban J connectivity index is 2.32. The summed E-state index contributed by atoms with van der Waals surface area (Å²) in [6.07, 6.45) is 1.30. The molecule has 0 aliphatic carbocycles. The van der Waals surface area contributed by atoms with E-state index in [1.54, 1.807) is 4.90 Å². The van der Waals surface area contributed by atoms with Crippen LogP contribution in [0, 0.1) is 17.6 Å². The number of carbonyl (C=O) groups excluding carboxylic acids is 1. The van der Waals surface area contributed by atoms with E-state index in [2.05, 4.69) is 5.32 Å². The van der Waals surface area contributed by atoms with Crippen LogP contribution in [-0.2, 0) is 4.79 Å². The number of amides is 1. The van der Waals surface area contributed by atoms with Crippen molar-refractivity contribution in [1.82, 2.24) is 10.2 Å². The molecule has 1 N–H and O–H groups in total. The molecule has 2 unspecified atom stereocenters. The molecule has 1 aromatic rings. The van der Waals surface area contributed by atoms with Crippen molar-refractivity contribution in [2.45, 2.75) is 45.8 Å². The van der Waals surface area contributed by atoms with E-state index in [-0.39, 0.29) is 17.9 Å². The van der Waals surface area contributed by atoms with Gasteiger partial charge in [-0.3, -0.25) is 10.1 Å². The average Bonchev–Trinajstić information content (AvgIpc) is 2.74. The molecule has 0 spiro atoms. The second-order valence-corrected chi connectivity index (χ2v) is 5.84. The first kappa shape index (κ1) is 15.9. The molecule has 0 bridgehead atoms. The lowest BCUT2D eigenvalue weighted by Crippen LogP contribution is -2.34. The minimum absolute atomic E-state index is 0.00725. The van der Waals surface area contributed by atoms with E-state index in [1.165, 1.54) is 12.1 Å². The summed E-state index contributed by atoms with van der Waals surface area (Å²) in [6, 6.07) is 3.18. The molecule has 1 heterocycles. The third kappa shape index (κ3) is 3.23. The average molecular weight is 296 g/mol. The lowest BCUT2D eigenvalue weighted by molar-refractivity contribution is -0.130. The number of rotatable bonds is 5. The zero-order valence-corrected chi connectivity index (χ0v) is 12.7. The van der Waals surface area contributed by atoms with Crippen molar-refractivity contribution in [3.8, 4) is 0 Å². The first-order chi connectivity index (χ1) is 9.95. The molecule has 2 rings (SSSR count). The van der Waals surface area contributed by atoms with Crippen molar-refractivity contribution in [1.29, 1.82) is 0 Å². The Morgan fingerprint density at radius 2 is 2.05 bits per heavy atom. The Bertz CT molecular complexity index is 519. The Kier molecular flexibility index (Phi) is 4.93. The zero-order valence-electron chi connectivity index (χ0n) is 12.7. The zero-order chi connectivity index (χ0) is 15.6. The second-order valence-electron chi connectivity index (χ2n) is 5.84. The van der Waals surface area contributed by atoms with Gasteiger partial charge in [0.05, 0.1) is 6.04 Å². The van der Waals surface area contributed by atoms with Crippen molar-refractivity contribution < 1.29 is 13.6 Å². The maximum atomic E-state index is 14.0. The molecule has 0 aromatic heterocycles. The van der Waals surface area contributed by atoms with Gasteiger partial charge in [-0.25, -0.2) is 8.78 Å². The number of carbonyl (C=O) groups is 1. The smallest absolute Gasteiger partial charge is 0.241 e. The van der Waals surface area contributed by atoms with E-state index < -0.39 is 17.8 Å². The highest BCUT2D eigenvalue weighted by Crippen LogP contribution is 2.30. The SMILES string of the molecule is CCCCN1C(=O)C(C(C)C)NC1c1ccc(F)cc1F. The summed E-state index contributed by atoms with van der Waals surface area (Å²) >= 11 is 0. The highest BCUT2D eigenvalue weighted by Gasteiger charge is 2.41. The third-order valence-electron chi connectivity index (χ3n) is 3.87. The maximum absolute atomic E-state index is 14.0. The molecular formula is C16H22F2N2O. The van der Waals surface area contributed by atoms with E-state index >= 15 is 0 Å². The van der Waals surface area contributed by atoms with Gasteiger partial charge in [0.1, 0.15) is 17.8 Å². The molecule has 3 nitrogen and oxygen atoms in total. The summed E-state index contributed by atoms with van der Waals surface area (Å²) in [6.45, 7) is 6.53. The van der Waals surface area contributed by atoms with Crippen LogP contribution in [0.3, 0.4) is 0 Å². The Morgan fingerprint density at radius 3 is 2.62 bits per heavy atom. The number of hydrogen-bond donors (Lipinski definition) is 1. The molecule has 5 heteroatoms. The van der Waals surface area contributed by atoms with Crippen molar-refractivity contribution in [3.63, 3.8) is 0 Å². The summed E-state index contributed by atoms with van der Waals surface area (Å²) in [5, 5.41) is 3.19. The van der Waals surface area contributed by atoms with Crippen molar-refractivity contribution >= 4 is 5.91 Å². The monoisotopic (exact) mass is 296 g/mol. The molecule has 0 saturated carbocycles. The first-order valence-corrected chi connectivity index (χ1v) is 7.47. The normalized spacial score (nSPS) is 22.4. The molecule has 1 fully saturated rings. The number of hydrogen-bond acceptors (Lipinski definition) is 2. The quantitative estimate of drug-likeness (QED) is 0.905. The minimum Gasteiger partial charge on any atom is -0.321 e. The first-order valence-electron chi connectivity index (χ1n) is 7.47. The standard InChI is InChI=1S/C16H22F2N2O/c1-4-5-8-20-15(19-14(10(2)3)16(20)21)12-7-6-11(17)9-13(12)18/h6-7,9-10,14-15,19H,4-5,8H2,1-3H3. The van der Waals surface area contributed by atoms with Crippen LogP contribution in [0.5, 0.6) is 0 Å². The fourth-order valence-corrected chi connectivity index (χ4v) is 2.66. The lowest BCUT2D eigenvalue weighted by atomic mass is 10.0. The van der Waals surface area contributed by atoms with E-state index in [1.807, 2.05) is 20.8 Å². The second kappa shape index (κ2) is 6.52. The molecule has 116 valence electrons. The summed E-state index contributed by atoms with van der Waals surface area (Å²) < 4.78 is 27.1. The molecule has 1 aromatic carbocycles. The molecule has 1 saturated heterocycles. The topological polar surface area (TPSA) is 32.3 Å². The van der Waals surface area contributed by atoms with Gasteiger partial charge in [0, 0.05) is 18.2 Å². The van der Waals surface area contributed by atoms with Crippen molar-refractivity contribution in [3.05, 3.63) is 35.4 Å². The van der Waals surface area contributed by atoms with Crippen molar-refractivity contribution in [2.24, 2.45) is 5.92 Å². The van der Waals surface area contributed by atoms with Crippen molar-refractivity contribution in [2.75, 3.05) is 6.54 Å². The number of unbranched alkanes of at least 4 members (excludes halogenated alkanes) is 1. The van der Waals surface area contributed by atoms with Gasteiger partial charge in [-0.1, -0.05) is 27.2 Å². The van der Waals surface area contributed by atoms with Crippen LogP contribution in [-0.4, -0.2) is 23.4 Å². The number of benzene rings is 1. The molecular weight excluding hydrogens is 274 g/mol. The van der Waals surface area contributed by atoms with E-state index in [0.29, 0.717) is 12.1 Å². The Morgan fingerprint density at radius 1 is 1.33 bits per heavy atom. The van der Waals surface area contributed by atoms with Gasteiger partial charge < -0.3 is 4.90 Å². The van der Waals surface area contributed by atoms with Crippen LogP contribution < -0.4 is 5.32 Å². The van der Waals surface area contributed by atoms with Gasteiger partial charge in [-0.2, -0.15) is 0 Å². The summed E-state index contributed by atoms with van der Waals surface area (Å²) in [5.41, 5.74) is 0.323. The predicted molar refractivity (Wildman–Crippen MR) is 77.5 cm³/mol. The molecule has 21 heavy (non-hydrogen) atoms. The molecule has 0 radical (unpaired) electrons. The van der Waals surface area contributed by atoms with Crippen LogP contribution >= 0.6 is 0 Å². The number of nitrogens with zero attached hydrogens (tertiary/aromatic N) is 1. The van der Waals surface area contributed by atoms with Gasteiger partial charge in [0.2, 0.25) is 5.91 Å². The van der Waals surface area contributed by atoms with Gasteiger partial charge >= 0.3 is 0 Å². The summed E-state index contributed by atoms with van der Waals surface area (Å²) in [7, 11) is 0. The highest BCUT2D eigenvalue weighted by molar-refractivity contribution is 5.84. The van der Waals surface area contributed by atoms with Gasteiger partial charge in [0.25, 0.3) is 0 Å². The van der Waals surface area contributed by atoms with Crippen LogP contribution in [0.25, 0.3) is 0 Å². The largest absolute Gasteiger partial charge is 0.321 e. The predicted octanol–water partition coefficient (Wildman–Crippen LogP) is 3.22. The van der Waals surface area contributed by atoms with Gasteiger partial charge in [-0.05, 0) is 24.5 Å². The third-order valence-corrected chi connectivity index (χ3v) is 3.87. The molecule has 1 amide bonds. The summed E-state index contributed by atoms with van der Waals surface area (Å²) in [4.78, 5) is 14.2. The molecule has 2 atom stereocenters. The fourth-order valence-electron chi connectivity index (χ4n) is 2.66. The van der Waals surface area contributed by atoms with E-state index in [4.69, 9.17) is 0 Å². The minimum atomic E-state index is -0.619. The van der Waals surface area contributed by atoms with Crippen LogP contribution in [0.15, 0.2) is 18.2 Å². The number of halogens is 2. The maximum Gasteiger partial charge on any atom is 0.241 e. The Labute approximate surface area is 124 Å². The van der Waals surface area contributed by atoms with Gasteiger partial charge in [0.15, 0.2) is 0 Å². The Hall–Kier alpha value is -1.49. The van der Waals surface area contributed by atoms with Crippen LogP contribution in [0.2, 0.25) is 0 Å². The van der Waals surface area contributed by atoms with E-state index in [0.717, 1.165) is 18.9 Å². The molecule has 1 aliphatic heterocycles. The van der Waals surface area contributed by atoms with Gasteiger partial charge in [-0.15, -0.1) is 0 Å². The van der Waals surface area contributed by atoms with E-state index in [9.17, 15) is 13.6 Å². The summed E-state index contributed by atoms with van der Waals surface area (Å²) in [5.74, 6) is -1.12. The number of nitrogens with one attached hydrogen (secondary N) is 1. The lowest BCUT2D eigenvalue weighted by Gasteiger charge is -2.24. The van der Waals surface area contributed by atoms with Crippen LogP contribution in [0.1, 0.15) is 45.3 Å². The molecule has 1 aliphatic rings. The fraction of sp³-hybridized carbons (Fsp3) is 0.562. The van der Waals surface area contributed by atoms with Crippen LogP contribution in [0.4, 0.5) is 8.78 Å².